The molecule has 0 bridgehead atoms. The number of sulfonamides is 1. The van der Waals surface area contributed by atoms with Gasteiger partial charge in [0.1, 0.15) is 10.7 Å². The highest BCUT2D eigenvalue weighted by Crippen LogP contribution is 2.17. The molecule has 0 atom stereocenters. The maximum absolute atomic E-state index is 13.6. The van der Waals surface area contributed by atoms with Gasteiger partial charge < -0.3 is 5.73 Å². The Morgan fingerprint density at radius 1 is 0.952 bits per heavy atom. The maximum Gasteiger partial charge on any atom is 0.243 e. The molecule has 0 aliphatic rings. The average Bonchev–Trinajstić information content (AvgIpc) is 2.40. The minimum Gasteiger partial charge on any atom is -0.399 e. The van der Waals surface area contributed by atoms with E-state index in [1.54, 1.807) is 0 Å². The van der Waals surface area contributed by atoms with Crippen LogP contribution in [0.2, 0.25) is 0 Å². The van der Waals surface area contributed by atoms with E-state index in [1.165, 1.54) is 12.1 Å². The van der Waals surface area contributed by atoms with Crippen LogP contribution in [0.5, 0.6) is 0 Å². The highest BCUT2D eigenvalue weighted by molar-refractivity contribution is 7.89. The third-order valence-corrected chi connectivity index (χ3v) is 4.13. The lowest BCUT2D eigenvalue weighted by Gasteiger charge is -2.08. The van der Waals surface area contributed by atoms with Crippen molar-refractivity contribution in [3.63, 3.8) is 0 Å². The molecule has 3 N–H and O–H groups in total. The van der Waals surface area contributed by atoms with Crippen LogP contribution in [-0.2, 0) is 16.6 Å². The van der Waals surface area contributed by atoms with Crippen molar-refractivity contribution >= 4 is 15.7 Å². The highest BCUT2D eigenvalue weighted by atomic mass is 32.2. The normalized spacial score (nSPS) is 11.6. The van der Waals surface area contributed by atoms with Crippen LogP contribution in [0.1, 0.15) is 5.56 Å². The van der Waals surface area contributed by atoms with Crippen molar-refractivity contribution in [3.05, 3.63) is 59.4 Å². The summed E-state index contributed by atoms with van der Waals surface area (Å²) in [5, 5.41) is 0. The summed E-state index contributed by atoms with van der Waals surface area (Å²) < 4.78 is 65.3. The Hall–Kier alpha value is -2.06. The standard InChI is InChI=1S/C13H11F3N2O2S/c14-10-3-1-8(5-11(10)15)7-18-21(19,20)13-4-2-9(17)6-12(13)16/h1-6,18H,7,17H2. The monoisotopic (exact) mass is 316 g/mol. The molecule has 0 saturated carbocycles. The number of hydrogen-bond donors (Lipinski definition) is 2. The summed E-state index contributed by atoms with van der Waals surface area (Å²) in [6.45, 7) is -0.302. The first-order valence-corrected chi connectivity index (χ1v) is 7.26. The Bertz CT molecular complexity index is 779. The van der Waals surface area contributed by atoms with Crippen LogP contribution in [0.15, 0.2) is 41.3 Å². The minimum absolute atomic E-state index is 0.0899. The number of nitrogens with one attached hydrogen (secondary N) is 1. The number of rotatable bonds is 4. The van der Waals surface area contributed by atoms with Crippen LogP contribution in [0.4, 0.5) is 18.9 Å². The Balaban J connectivity index is 2.19. The summed E-state index contributed by atoms with van der Waals surface area (Å²) in [6, 6.07) is 6.11. The molecular weight excluding hydrogens is 305 g/mol. The Labute approximate surface area is 119 Å². The third-order valence-electron chi connectivity index (χ3n) is 2.70. The zero-order valence-corrected chi connectivity index (χ0v) is 11.4. The van der Waals surface area contributed by atoms with Gasteiger partial charge in [0, 0.05) is 12.2 Å². The van der Waals surface area contributed by atoms with E-state index in [0.717, 1.165) is 24.3 Å². The van der Waals surface area contributed by atoms with Gasteiger partial charge in [0.05, 0.1) is 0 Å². The third kappa shape index (κ3) is 3.53. The molecule has 0 radical (unpaired) electrons. The topological polar surface area (TPSA) is 72.2 Å². The highest BCUT2D eigenvalue weighted by Gasteiger charge is 2.19. The first-order chi connectivity index (χ1) is 9.79. The average molecular weight is 316 g/mol. The first-order valence-electron chi connectivity index (χ1n) is 5.78. The van der Waals surface area contributed by atoms with E-state index in [2.05, 4.69) is 4.72 Å². The predicted octanol–water partition coefficient (Wildman–Crippen LogP) is 2.16. The molecule has 0 spiro atoms. The lowest BCUT2D eigenvalue weighted by molar-refractivity contribution is 0.506. The van der Waals surface area contributed by atoms with E-state index in [-0.39, 0.29) is 17.8 Å². The number of nitrogens with two attached hydrogens (primary N) is 1. The number of nitrogen functional groups attached to an aromatic ring is 1. The molecule has 0 aliphatic heterocycles. The molecule has 0 fully saturated rings. The van der Waals surface area contributed by atoms with E-state index in [1.807, 2.05) is 0 Å². The van der Waals surface area contributed by atoms with Crippen LogP contribution in [0.3, 0.4) is 0 Å². The predicted molar refractivity (Wildman–Crippen MR) is 71.2 cm³/mol. The SMILES string of the molecule is Nc1ccc(S(=O)(=O)NCc2ccc(F)c(F)c2)c(F)c1. The summed E-state index contributed by atoms with van der Waals surface area (Å²) in [5.41, 5.74) is 5.63. The largest absolute Gasteiger partial charge is 0.399 e. The molecule has 0 saturated heterocycles. The fourth-order valence-corrected chi connectivity index (χ4v) is 2.72. The molecule has 4 nitrogen and oxygen atoms in total. The van der Waals surface area contributed by atoms with E-state index < -0.39 is 32.4 Å². The van der Waals surface area contributed by atoms with Crippen LogP contribution >= 0.6 is 0 Å². The van der Waals surface area contributed by atoms with Gasteiger partial charge in [0.2, 0.25) is 10.0 Å². The van der Waals surface area contributed by atoms with E-state index >= 15 is 0 Å². The summed E-state index contributed by atoms with van der Waals surface area (Å²) in [7, 11) is -4.13. The minimum atomic E-state index is -4.13. The molecule has 112 valence electrons. The lowest BCUT2D eigenvalue weighted by atomic mass is 10.2. The molecule has 0 amide bonds. The number of hydrogen-bond acceptors (Lipinski definition) is 3. The molecule has 0 aromatic heterocycles. The van der Waals surface area contributed by atoms with Crippen molar-refractivity contribution in [2.24, 2.45) is 0 Å². The summed E-state index contributed by atoms with van der Waals surface area (Å²) in [4.78, 5) is -0.570. The second-order valence-corrected chi connectivity index (χ2v) is 6.00. The second-order valence-electron chi connectivity index (χ2n) is 4.26. The van der Waals surface area contributed by atoms with Gasteiger partial charge in [-0.3, -0.25) is 0 Å². The van der Waals surface area contributed by atoms with Gasteiger partial charge in [-0.2, -0.15) is 0 Å². The van der Waals surface area contributed by atoms with Crippen LogP contribution in [-0.4, -0.2) is 8.42 Å². The van der Waals surface area contributed by atoms with Crippen LogP contribution < -0.4 is 10.5 Å². The van der Waals surface area contributed by atoms with Gasteiger partial charge in [-0.1, -0.05) is 6.07 Å². The van der Waals surface area contributed by atoms with Crippen LogP contribution in [0.25, 0.3) is 0 Å². The number of halogens is 3. The summed E-state index contributed by atoms with van der Waals surface area (Å²) in [5.74, 6) is -3.12. The van der Waals surface area contributed by atoms with Crippen molar-refractivity contribution in [1.82, 2.24) is 4.72 Å². The first kappa shape index (κ1) is 15.3. The molecule has 21 heavy (non-hydrogen) atoms. The molecule has 0 unspecified atom stereocenters. The van der Waals surface area contributed by atoms with E-state index in [0.29, 0.717) is 0 Å². The summed E-state index contributed by atoms with van der Waals surface area (Å²) in [6.07, 6.45) is 0. The number of anilines is 1. The Morgan fingerprint density at radius 2 is 1.67 bits per heavy atom. The quantitative estimate of drug-likeness (QED) is 0.849. The fraction of sp³-hybridized carbons (Fsp3) is 0.0769. The van der Waals surface area contributed by atoms with Gasteiger partial charge in [-0.05, 0) is 35.9 Å². The summed E-state index contributed by atoms with van der Waals surface area (Å²) >= 11 is 0. The van der Waals surface area contributed by atoms with Gasteiger partial charge >= 0.3 is 0 Å². The van der Waals surface area contributed by atoms with E-state index in [9.17, 15) is 21.6 Å². The second kappa shape index (κ2) is 5.74. The smallest absolute Gasteiger partial charge is 0.243 e. The number of benzene rings is 2. The Morgan fingerprint density at radius 3 is 2.29 bits per heavy atom. The van der Waals surface area contributed by atoms with Gasteiger partial charge in [-0.15, -0.1) is 0 Å². The molecular formula is C13H11F3N2O2S. The van der Waals surface area contributed by atoms with Crippen molar-refractivity contribution in [1.29, 1.82) is 0 Å². The van der Waals surface area contributed by atoms with Crippen molar-refractivity contribution in [2.75, 3.05) is 5.73 Å². The molecule has 0 aliphatic carbocycles. The molecule has 8 heteroatoms. The van der Waals surface area contributed by atoms with Gasteiger partial charge in [0.15, 0.2) is 11.6 Å². The van der Waals surface area contributed by atoms with Crippen molar-refractivity contribution in [2.45, 2.75) is 11.4 Å². The van der Waals surface area contributed by atoms with Crippen LogP contribution in [0, 0.1) is 17.5 Å². The van der Waals surface area contributed by atoms with Crippen molar-refractivity contribution < 1.29 is 21.6 Å². The van der Waals surface area contributed by atoms with Crippen molar-refractivity contribution in [3.8, 4) is 0 Å². The molecule has 0 heterocycles. The van der Waals surface area contributed by atoms with Gasteiger partial charge in [-0.25, -0.2) is 26.3 Å². The lowest BCUT2D eigenvalue weighted by Crippen LogP contribution is -2.24. The fourth-order valence-electron chi connectivity index (χ4n) is 1.64. The zero-order valence-electron chi connectivity index (χ0n) is 10.6. The molecule has 2 aromatic carbocycles. The molecule has 2 aromatic rings. The zero-order chi connectivity index (χ0) is 15.6. The van der Waals surface area contributed by atoms with Gasteiger partial charge in [0.25, 0.3) is 0 Å². The Kier molecular flexibility index (Phi) is 4.19. The maximum atomic E-state index is 13.6. The van der Waals surface area contributed by atoms with E-state index in [4.69, 9.17) is 5.73 Å². The molecule has 2 rings (SSSR count).